The Balaban J connectivity index is 1.47. The number of nitrogens with one attached hydrogen (secondary N) is 2. The van der Waals surface area contributed by atoms with Crippen molar-refractivity contribution >= 4 is 17.5 Å². The zero-order valence-electron chi connectivity index (χ0n) is 14.8. The minimum Gasteiger partial charge on any atom is -0.352 e. The van der Waals surface area contributed by atoms with Gasteiger partial charge < -0.3 is 5.32 Å². The lowest BCUT2D eigenvalue weighted by Gasteiger charge is -2.31. The van der Waals surface area contributed by atoms with Crippen LogP contribution in [0.15, 0.2) is 24.3 Å². The average molecular weight is 361 g/mol. The van der Waals surface area contributed by atoms with Gasteiger partial charge in [-0.25, -0.2) is 0 Å². The maximum absolute atomic E-state index is 12.5. The van der Waals surface area contributed by atoms with Gasteiger partial charge in [0.1, 0.15) is 0 Å². The van der Waals surface area contributed by atoms with Crippen molar-refractivity contribution in [1.82, 2.24) is 20.4 Å². The first-order valence-corrected chi connectivity index (χ1v) is 9.16. The van der Waals surface area contributed by atoms with Gasteiger partial charge >= 0.3 is 0 Å². The summed E-state index contributed by atoms with van der Waals surface area (Å²) < 4.78 is 0. The number of amides is 1. The molecular formula is C19H25ClN4O. The summed E-state index contributed by atoms with van der Waals surface area (Å²) in [6.07, 6.45) is 1.78. The van der Waals surface area contributed by atoms with E-state index in [1.807, 2.05) is 32.0 Å². The molecule has 3 rings (SSSR count). The fourth-order valence-corrected chi connectivity index (χ4v) is 3.57. The van der Waals surface area contributed by atoms with Crippen LogP contribution in [0.5, 0.6) is 0 Å². The van der Waals surface area contributed by atoms with Gasteiger partial charge in [0.05, 0.1) is 5.69 Å². The number of aromatic nitrogens is 2. The molecule has 2 aromatic rings. The van der Waals surface area contributed by atoms with Crippen LogP contribution < -0.4 is 5.32 Å². The second-order valence-electron chi connectivity index (χ2n) is 6.77. The van der Waals surface area contributed by atoms with Gasteiger partial charge in [0.15, 0.2) is 0 Å². The number of hydrogen-bond donors (Lipinski definition) is 2. The normalized spacial score (nSPS) is 16.1. The molecule has 134 valence electrons. The average Bonchev–Trinajstić information content (AvgIpc) is 2.93. The number of halogens is 1. The predicted molar refractivity (Wildman–Crippen MR) is 99.4 cm³/mol. The highest BCUT2D eigenvalue weighted by Gasteiger charge is 2.25. The number of aromatic amines is 1. The molecule has 1 amide bonds. The number of H-pyrrole nitrogens is 1. The van der Waals surface area contributed by atoms with E-state index in [0.717, 1.165) is 60.0 Å². The maximum atomic E-state index is 12.5. The van der Waals surface area contributed by atoms with Crippen molar-refractivity contribution in [3.8, 4) is 0 Å². The van der Waals surface area contributed by atoms with E-state index in [0.29, 0.717) is 6.54 Å². The monoisotopic (exact) mass is 360 g/mol. The highest BCUT2D eigenvalue weighted by Crippen LogP contribution is 2.22. The number of aryl methyl sites for hydroxylation is 2. The van der Waals surface area contributed by atoms with Crippen LogP contribution in [0.2, 0.25) is 5.02 Å². The van der Waals surface area contributed by atoms with Crippen molar-refractivity contribution in [2.45, 2.75) is 39.8 Å². The number of nitrogens with zero attached hydrogens (tertiary/aromatic N) is 2. The molecule has 1 aromatic carbocycles. The van der Waals surface area contributed by atoms with Gasteiger partial charge in [-0.1, -0.05) is 29.8 Å². The van der Waals surface area contributed by atoms with Gasteiger partial charge in [-0.15, -0.1) is 0 Å². The fraction of sp³-hybridized carbons (Fsp3) is 0.474. The minimum absolute atomic E-state index is 0.0926. The van der Waals surface area contributed by atoms with Crippen molar-refractivity contribution in [1.29, 1.82) is 0 Å². The summed E-state index contributed by atoms with van der Waals surface area (Å²) in [6.45, 7) is 7.18. The Hall–Kier alpha value is -1.85. The van der Waals surface area contributed by atoms with Gasteiger partial charge in [-0.2, -0.15) is 5.10 Å². The molecule has 25 heavy (non-hydrogen) atoms. The summed E-state index contributed by atoms with van der Waals surface area (Å²) in [7, 11) is 0. The lowest BCUT2D eigenvalue weighted by atomic mass is 9.95. The standard InChI is InChI=1S/C19H25ClN4O/c1-13-17(14(2)23-22-13)11-21-19(25)15-7-9-24(10-8-15)12-16-5-3-4-6-18(16)20/h3-6,15H,7-12H2,1-2H3,(H,21,25)(H,22,23). The third kappa shape index (κ3) is 4.41. The molecule has 1 fully saturated rings. The van der Waals surface area contributed by atoms with E-state index < -0.39 is 0 Å². The van der Waals surface area contributed by atoms with E-state index in [1.165, 1.54) is 0 Å². The van der Waals surface area contributed by atoms with E-state index >= 15 is 0 Å². The van der Waals surface area contributed by atoms with Crippen LogP contribution in [-0.2, 0) is 17.9 Å². The summed E-state index contributed by atoms with van der Waals surface area (Å²) in [5, 5.41) is 11.0. The van der Waals surface area contributed by atoms with Gasteiger partial charge in [-0.05, 0) is 51.4 Å². The summed E-state index contributed by atoms with van der Waals surface area (Å²) in [5.74, 6) is 0.243. The van der Waals surface area contributed by atoms with Crippen molar-refractivity contribution in [3.63, 3.8) is 0 Å². The smallest absolute Gasteiger partial charge is 0.223 e. The van der Waals surface area contributed by atoms with Crippen LogP contribution in [0.25, 0.3) is 0 Å². The Labute approximate surface area is 153 Å². The molecule has 5 nitrogen and oxygen atoms in total. The van der Waals surface area contributed by atoms with Crippen molar-refractivity contribution in [3.05, 3.63) is 51.8 Å². The second-order valence-corrected chi connectivity index (χ2v) is 7.18. The van der Waals surface area contributed by atoms with E-state index in [4.69, 9.17) is 11.6 Å². The maximum Gasteiger partial charge on any atom is 0.223 e. The lowest BCUT2D eigenvalue weighted by Crippen LogP contribution is -2.40. The SMILES string of the molecule is Cc1n[nH]c(C)c1CNC(=O)C1CCN(Cc2ccccc2Cl)CC1. The number of hydrogen-bond acceptors (Lipinski definition) is 3. The summed E-state index contributed by atoms with van der Waals surface area (Å²) in [4.78, 5) is 14.8. The van der Waals surface area contributed by atoms with Gasteiger partial charge in [0.25, 0.3) is 0 Å². The molecule has 0 bridgehead atoms. The Bertz CT molecular complexity index is 715. The van der Waals surface area contributed by atoms with Crippen LogP contribution in [0, 0.1) is 19.8 Å². The van der Waals surface area contributed by atoms with E-state index in [9.17, 15) is 4.79 Å². The van der Waals surface area contributed by atoms with E-state index in [-0.39, 0.29) is 11.8 Å². The molecule has 2 N–H and O–H groups in total. The summed E-state index contributed by atoms with van der Waals surface area (Å²) in [6, 6.07) is 7.96. The third-order valence-electron chi connectivity index (χ3n) is 5.03. The van der Waals surface area contributed by atoms with Gasteiger partial charge in [0, 0.05) is 35.3 Å². The number of likely N-dealkylation sites (tertiary alicyclic amines) is 1. The predicted octanol–water partition coefficient (Wildman–Crippen LogP) is 3.21. The molecule has 1 saturated heterocycles. The molecule has 2 heterocycles. The molecule has 0 saturated carbocycles. The number of benzene rings is 1. The Morgan fingerprint density at radius 1 is 1.32 bits per heavy atom. The highest BCUT2D eigenvalue weighted by molar-refractivity contribution is 6.31. The third-order valence-corrected chi connectivity index (χ3v) is 5.40. The van der Waals surface area contributed by atoms with Crippen LogP contribution in [0.3, 0.4) is 0 Å². The Morgan fingerprint density at radius 3 is 2.68 bits per heavy atom. The first-order chi connectivity index (χ1) is 12.0. The summed E-state index contributed by atoms with van der Waals surface area (Å²) >= 11 is 6.24. The Kier molecular flexibility index (Phi) is 5.76. The van der Waals surface area contributed by atoms with Crippen molar-refractivity contribution in [2.24, 2.45) is 5.92 Å². The molecule has 0 unspecified atom stereocenters. The minimum atomic E-state index is 0.0926. The summed E-state index contributed by atoms with van der Waals surface area (Å²) in [5.41, 5.74) is 4.21. The zero-order chi connectivity index (χ0) is 17.8. The second kappa shape index (κ2) is 8.02. The molecule has 1 aliphatic heterocycles. The van der Waals surface area contributed by atoms with Crippen molar-refractivity contribution in [2.75, 3.05) is 13.1 Å². The molecule has 6 heteroatoms. The molecule has 0 radical (unpaired) electrons. The number of piperidine rings is 1. The molecule has 1 aliphatic rings. The zero-order valence-corrected chi connectivity index (χ0v) is 15.6. The first kappa shape index (κ1) is 18.0. The first-order valence-electron chi connectivity index (χ1n) is 8.78. The molecule has 0 spiro atoms. The van der Waals surface area contributed by atoms with Gasteiger partial charge in [-0.3, -0.25) is 14.8 Å². The highest BCUT2D eigenvalue weighted by atomic mass is 35.5. The fourth-order valence-electron chi connectivity index (χ4n) is 3.38. The number of carbonyl (C=O) groups excluding carboxylic acids is 1. The van der Waals surface area contributed by atoms with Crippen LogP contribution in [0.4, 0.5) is 0 Å². The van der Waals surface area contributed by atoms with E-state index in [2.05, 4.69) is 26.5 Å². The molecule has 1 aromatic heterocycles. The molecule has 0 atom stereocenters. The largest absolute Gasteiger partial charge is 0.352 e. The van der Waals surface area contributed by atoms with Crippen LogP contribution in [-0.4, -0.2) is 34.1 Å². The number of rotatable bonds is 5. The van der Waals surface area contributed by atoms with Crippen LogP contribution in [0.1, 0.15) is 35.4 Å². The number of carbonyl (C=O) groups is 1. The lowest BCUT2D eigenvalue weighted by molar-refractivity contribution is -0.126. The van der Waals surface area contributed by atoms with E-state index in [1.54, 1.807) is 0 Å². The topological polar surface area (TPSA) is 61.0 Å². The molecular weight excluding hydrogens is 336 g/mol. The van der Waals surface area contributed by atoms with Crippen molar-refractivity contribution < 1.29 is 4.79 Å². The van der Waals surface area contributed by atoms with Crippen LogP contribution >= 0.6 is 11.6 Å². The van der Waals surface area contributed by atoms with Gasteiger partial charge in [0.2, 0.25) is 5.91 Å². The Morgan fingerprint density at radius 2 is 2.04 bits per heavy atom. The molecule has 0 aliphatic carbocycles. The quantitative estimate of drug-likeness (QED) is 0.860.